The molecule has 3 N–H and O–H groups in total. The molecule has 0 bridgehead atoms. The van der Waals surface area contributed by atoms with Gasteiger partial charge in [-0.3, -0.25) is 0 Å². The second kappa shape index (κ2) is 5.43. The van der Waals surface area contributed by atoms with Gasteiger partial charge in [0.05, 0.1) is 21.3 Å². The average molecular weight is 316 g/mol. The summed E-state index contributed by atoms with van der Waals surface area (Å²) < 4.78 is 27.7. The van der Waals surface area contributed by atoms with Crippen LogP contribution in [-0.4, -0.2) is 13.6 Å². The van der Waals surface area contributed by atoms with Crippen LogP contribution in [0.5, 0.6) is 0 Å². The van der Waals surface area contributed by atoms with E-state index in [1.807, 2.05) is 6.92 Å². The van der Waals surface area contributed by atoms with Crippen molar-refractivity contribution in [1.29, 1.82) is 0 Å². The first-order chi connectivity index (χ1) is 9.29. The first kappa shape index (κ1) is 14.8. The van der Waals surface area contributed by atoms with Crippen LogP contribution in [0, 0.1) is 13.8 Å². The van der Waals surface area contributed by atoms with E-state index < -0.39 is 10.0 Å². The largest absolute Gasteiger partial charge is 0.380 e. The van der Waals surface area contributed by atoms with Crippen molar-refractivity contribution < 1.29 is 12.9 Å². The summed E-state index contributed by atoms with van der Waals surface area (Å²) in [6.07, 6.45) is 0. The molecule has 0 unspecified atom stereocenters. The average Bonchev–Trinajstić information content (AvgIpc) is 2.67. The fourth-order valence-corrected chi connectivity index (χ4v) is 2.48. The van der Waals surface area contributed by atoms with Crippen LogP contribution in [0.1, 0.15) is 17.0 Å². The molecule has 0 saturated carbocycles. The molecule has 2 aromatic rings. The second-order valence-electron chi connectivity index (χ2n) is 4.34. The Balaban J connectivity index is 2.26. The number of aromatic nitrogens is 1. The minimum atomic E-state index is -3.76. The lowest BCUT2D eigenvalue weighted by Crippen LogP contribution is -2.12. The number of nitrogens with zero attached hydrogens (tertiary/aromatic N) is 1. The molecule has 1 aromatic carbocycles. The molecular weight excluding hydrogens is 302 g/mol. The summed E-state index contributed by atoms with van der Waals surface area (Å²) in [6.45, 7) is 4.06. The van der Waals surface area contributed by atoms with E-state index in [1.54, 1.807) is 6.92 Å². The quantitative estimate of drug-likeness (QED) is 0.901. The van der Waals surface area contributed by atoms with Crippen LogP contribution in [0.2, 0.25) is 5.02 Å². The molecule has 0 atom stereocenters. The van der Waals surface area contributed by atoms with Gasteiger partial charge in [0.1, 0.15) is 5.76 Å². The molecule has 0 spiro atoms. The van der Waals surface area contributed by atoms with E-state index in [2.05, 4.69) is 10.5 Å². The zero-order valence-electron chi connectivity index (χ0n) is 11.0. The minimum absolute atomic E-state index is 0.00293. The van der Waals surface area contributed by atoms with E-state index in [-0.39, 0.29) is 4.90 Å². The molecule has 0 aliphatic rings. The summed E-state index contributed by atoms with van der Waals surface area (Å²) in [5.74, 6) is 0.703. The van der Waals surface area contributed by atoms with Crippen molar-refractivity contribution in [2.75, 3.05) is 5.32 Å². The van der Waals surface area contributed by atoms with Crippen molar-refractivity contribution in [3.05, 3.63) is 40.2 Å². The van der Waals surface area contributed by atoms with E-state index in [0.29, 0.717) is 23.0 Å². The number of primary sulfonamides is 1. The van der Waals surface area contributed by atoms with Crippen LogP contribution in [-0.2, 0) is 16.6 Å². The molecule has 1 aromatic heterocycles. The Labute approximate surface area is 122 Å². The molecular formula is C12H14ClN3O3S. The fourth-order valence-electron chi connectivity index (χ4n) is 1.75. The van der Waals surface area contributed by atoms with Crippen LogP contribution in [0.15, 0.2) is 27.6 Å². The maximum Gasteiger partial charge on any atom is 0.238 e. The van der Waals surface area contributed by atoms with Gasteiger partial charge in [-0.15, -0.1) is 0 Å². The van der Waals surface area contributed by atoms with Gasteiger partial charge in [0.2, 0.25) is 10.0 Å². The number of rotatable bonds is 4. The lowest BCUT2D eigenvalue weighted by atomic mass is 10.2. The summed E-state index contributed by atoms with van der Waals surface area (Å²) in [5.41, 5.74) is 2.16. The normalized spacial score (nSPS) is 11.6. The van der Waals surface area contributed by atoms with Gasteiger partial charge in [0.25, 0.3) is 0 Å². The van der Waals surface area contributed by atoms with Crippen LogP contribution in [0.4, 0.5) is 5.69 Å². The number of anilines is 1. The van der Waals surface area contributed by atoms with E-state index in [1.165, 1.54) is 18.2 Å². The van der Waals surface area contributed by atoms with E-state index >= 15 is 0 Å². The van der Waals surface area contributed by atoms with Crippen LogP contribution < -0.4 is 10.5 Å². The number of hydrogen-bond acceptors (Lipinski definition) is 5. The first-order valence-corrected chi connectivity index (χ1v) is 7.69. The van der Waals surface area contributed by atoms with Crippen molar-refractivity contribution in [1.82, 2.24) is 5.16 Å². The SMILES string of the molecule is Cc1noc(C)c1CNc1cc(S(N)(=O)=O)ccc1Cl. The Hall–Kier alpha value is -1.57. The summed E-state index contributed by atoms with van der Waals surface area (Å²) in [6, 6.07) is 4.24. The third kappa shape index (κ3) is 3.12. The molecule has 108 valence electrons. The summed E-state index contributed by atoms with van der Waals surface area (Å²) in [5, 5.41) is 12.4. The Morgan fingerprint density at radius 3 is 2.65 bits per heavy atom. The van der Waals surface area contributed by atoms with Crippen molar-refractivity contribution in [3.8, 4) is 0 Å². The number of nitrogens with one attached hydrogen (secondary N) is 1. The number of sulfonamides is 1. The molecule has 0 radical (unpaired) electrons. The molecule has 0 amide bonds. The molecule has 0 aliphatic heterocycles. The number of hydrogen-bond donors (Lipinski definition) is 2. The predicted octanol–water partition coefficient (Wildman–Crippen LogP) is 2.20. The van der Waals surface area contributed by atoms with Crippen molar-refractivity contribution >= 4 is 27.3 Å². The minimum Gasteiger partial charge on any atom is -0.380 e. The molecule has 0 fully saturated rings. The van der Waals surface area contributed by atoms with Gasteiger partial charge in [0.15, 0.2) is 0 Å². The van der Waals surface area contributed by atoms with Crippen LogP contribution in [0.3, 0.4) is 0 Å². The third-order valence-electron chi connectivity index (χ3n) is 2.90. The van der Waals surface area contributed by atoms with Gasteiger partial charge >= 0.3 is 0 Å². The highest BCUT2D eigenvalue weighted by atomic mass is 35.5. The highest BCUT2D eigenvalue weighted by Gasteiger charge is 2.12. The van der Waals surface area contributed by atoms with Gasteiger partial charge < -0.3 is 9.84 Å². The van der Waals surface area contributed by atoms with Gasteiger partial charge in [-0.2, -0.15) is 0 Å². The highest BCUT2D eigenvalue weighted by molar-refractivity contribution is 7.89. The number of benzene rings is 1. The summed E-state index contributed by atoms with van der Waals surface area (Å²) in [4.78, 5) is 0.00293. The van der Waals surface area contributed by atoms with Crippen LogP contribution in [0.25, 0.3) is 0 Å². The van der Waals surface area contributed by atoms with E-state index in [9.17, 15) is 8.42 Å². The lowest BCUT2D eigenvalue weighted by molar-refractivity contribution is 0.392. The zero-order valence-corrected chi connectivity index (χ0v) is 12.5. The molecule has 20 heavy (non-hydrogen) atoms. The number of halogens is 1. The van der Waals surface area contributed by atoms with Gasteiger partial charge in [-0.25, -0.2) is 13.6 Å². The maximum atomic E-state index is 11.3. The smallest absolute Gasteiger partial charge is 0.238 e. The molecule has 2 rings (SSSR count). The van der Waals surface area contributed by atoms with Crippen molar-refractivity contribution in [3.63, 3.8) is 0 Å². The van der Waals surface area contributed by atoms with Gasteiger partial charge in [-0.05, 0) is 32.0 Å². The number of aryl methyl sites for hydroxylation is 2. The maximum absolute atomic E-state index is 11.3. The molecule has 0 saturated heterocycles. The summed E-state index contributed by atoms with van der Waals surface area (Å²) >= 11 is 6.03. The molecule has 8 heteroatoms. The number of nitrogens with two attached hydrogens (primary N) is 1. The zero-order chi connectivity index (χ0) is 14.9. The second-order valence-corrected chi connectivity index (χ2v) is 6.31. The van der Waals surface area contributed by atoms with E-state index in [4.69, 9.17) is 21.3 Å². The monoisotopic (exact) mass is 315 g/mol. The highest BCUT2D eigenvalue weighted by Crippen LogP contribution is 2.26. The molecule has 0 aliphatic carbocycles. The Morgan fingerprint density at radius 2 is 2.10 bits per heavy atom. The Bertz CT molecular complexity index is 721. The molecule has 6 nitrogen and oxygen atoms in total. The molecule has 1 heterocycles. The Morgan fingerprint density at radius 1 is 1.40 bits per heavy atom. The van der Waals surface area contributed by atoms with Crippen molar-refractivity contribution in [2.24, 2.45) is 5.14 Å². The first-order valence-electron chi connectivity index (χ1n) is 5.77. The standard InChI is InChI=1S/C12H14ClN3O3S/c1-7-10(8(2)19-16-7)6-15-12-5-9(20(14,17)18)3-4-11(12)13/h3-5,15H,6H2,1-2H3,(H2,14,17,18). The fraction of sp³-hybridized carbons (Fsp3) is 0.250. The third-order valence-corrected chi connectivity index (χ3v) is 4.14. The predicted molar refractivity (Wildman–Crippen MR) is 76.1 cm³/mol. The topological polar surface area (TPSA) is 98.2 Å². The lowest BCUT2D eigenvalue weighted by Gasteiger charge is -2.09. The summed E-state index contributed by atoms with van der Waals surface area (Å²) in [7, 11) is -3.76. The van der Waals surface area contributed by atoms with Crippen molar-refractivity contribution in [2.45, 2.75) is 25.3 Å². The van der Waals surface area contributed by atoms with Gasteiger partial charge in [-0.1, -0.05) is 16.8 Å². The Kier molecular flexibility index (Phi) is 4.03. The van der Waals surface area contributed by atoms with Crippen LogP contribution >= 0.6 is 11.6 Å². The van der Waals surface area contributed by atoms with E-state index in [0.717, 1.165) is 11.3 Å². The van der Waals surface area contributed by atoms with Gasteiger partial charge in [0, 0.05) is 12.1 Å².